The molecule has 2 aromatic rings. The van der Waals surface area contributed by atoms with Crippen LogP contribution in [0.3, 0.4) is 0 Å². The predicted octanol–water partition coefficient (Wildman–Crippen LogP) is 3.07. The van der Waals surface area contributed by atoms with Crippen LogP contribution in [-0.2, 0) is 17.3 Å². The fourth-order valence-electron chi connectivity index (χ4n) is 3.30. The normalized spacial score (nSPS) is 18.3. The summed E-state index contributed by atoms with van der Waals surface area (Å²) in [7, 11) is 1.99. The van der Waals surface area contributed by atoms with Crippen LogP contribution >= 0.6 is 0 Å². The summed E-state index contributed by atoms with van der Waals surface area (Å²) in [6.07, 6.45) is 5.54. The van der Waals surface area contributed by atoms with Crippen molar-refractivity contribution < 1.29 is 9.90 Å². The smallest absolute Gasteiger partial charge is 0.314 e. The van der Waals surface area contributed by atoms with Gasteiger partial charge in [0.2, 0.25) is 0 Å². The minimum absolute atomic E-state index is 0.666. The maximum Gasteiger partial charge on any atom is 0.314 e. The molecule has 0 spiro atoms. The molecule has 18 heavy (non-hydrogen) atoms. The first-order chi connectivity index (χ1) is 8.65. The van der Waals surface area contributed by atoms with Crippen molar-refractivity contribution in [2.24, 2.45) is 7.05 Å². The summed E-state index contributed by atoms with van der Waals surface area (Å²) in [4.78, 5) is 11.8. The molecule has 0 amide bonds. The Hall–Kier alpha value is -1.77. The lowest BCUT2D eigenvalue weighted by molar-refractivity contribution is -0.143. The maximum atomic E-state index is 11.8. The van der Waals surface area contributed by atoms with Crippen LogP contribution in [0.5, 0.6) is 0 Å². The van der Waals surface area contributed by atoms with Crippen LogP contribution in [0.1, 0.15) is 31.2 Å². The molecule has 1 heterocycles. The first-order valence-corrected chi connectivity index (χ1v) is 6.43. The van der Waals surface area contributed by atoms with Gasteiger partial charge in [-0.1, -0.05) is 25.0 Å². The van der Waals surface area contributed by atoms with Crippen LogP contribution in [0.25, 0.3) is 10.9 Å². The SMILES string of the molecule is Cn1ccc2c(C3(C(=O)O)CCCC3)cccc21. The van der Waals surface area contributed by atoms with Crippen molar-refractivity contribution in [3.8, 4) is 0 Å². The number of rotatable bonds is 2. The van der Waals surface area contributed by atoms with Crippen molar-refractivity contribution in [1.82, 2.24) is 4.57 Å². The molecular weight excluding hydrogens is 226 g/mol. The third-order valence-electron chi connectivity index (χ3n) is 4.31. The molecule has 0 radical (unpaired) electrons. The average Bonchev–Trinajstić information content (AvgIpc) is 2.97. The van der Waals surface area contributed by atoms with Gasteiger partial charge in [-0.2, -0.15) is 0 Å². The van der Waals surface area contributed by atoms with Crippen molar-refractivity contribution in [1.29, 1.82) is 0 Å². The molecule has 1 aromatic heterocycles. The minimum atomic E-state index is -0.670. The van der Waals surface area contributed by atoms with Crippen molar-refractivity contribution >= 4 is 16.9 Å². The number of fused-ring (bicyclic) bond motifs is 1. The first kappa shape index (κ1) is 11.3. The lowest BCUT2D eigenvalue weighted by Gasteiger charge is -2.25. The van der Waals surface area contributed by atoms with Crippen molar-refractivity contribution in [2.45, 2.75) is 31.1 Å². The number of aryl methyl sites for hydroxylation is 1. The van der Waals surface area contributed by atoms with Gasteiger partial charge in [0.15, 0.2) is 0 Å². The number of carboxylic acid groups (broad SMARTS) is 1. The van der Waals surface area contributed by atoms with Crippen LogP contribution in [0, 0.1) is 0 Å². The van der Waals surface area contributed by atoms with Crippen LogP contribution in [-0.4, -0.2) is 15.6 Å². The standard InChI is InChI=1S/C15H17NO2/c1-16-10-7-11-12(5-4-6-13(11)16)15(14(17)18)8-2-3-9-15/h4-7,10H,2-3,8-9H2,1H3,(H,17,18). The molecule has 0 unspecified atom stereocenters. The van der Waals surface area contributed by atoms with Crippen LogP contribution in [0.4, 0.5) is 0 Å². The highest BCUT2D eigenvalue weighted by atomic mass is 16.4. The van der Waals surface area contributed by atoms with E-state index in [1.807, 2.05) is 42.1 Å². The van der Waals surface area contributed by atoms with Gasteiger partial charge in [-0.15, -0.1) is 0 Å². The Bertz CT molecular complexity index is 606. The molecule has 3 nitrogen and oxygen atoms in total. The highest BCUT2D eigenvalue weighted by molar-refractivity contribution is 5.92. The number of carbonyl (C=O) groups is 1. The fraction of sp³-hybridized carbons (Fsp3) is 0.400. The monoisotopic (exact) mass is 243 g/mol. The lowest BCUT2D eigenvalue weighted by atomic mass is 9.77. The summed E-state index contributed by atoms with van der Waals surface area (Å²) in [6, 6.07) is 8.04. The quantitative estimate of drug-likeness (QED) is 0.880. The molecule has 1 saturated carbocycles. The number of nitrogens with zero attached hydrogens (tertiary/aromatic N) is 1. The van der Waals surface area contributed by atoms with Gasteiger partial charge < -0.3 is 9.67 Å². The van der Waals surface area contributed by atoms with E-state index in [0.717, 1.165) is 42.1 Å². The zero-order valence-electron chi connectivity index (χ0n) is 10.5. The predicted molar refractivity (Wildman–Crippen MR) is 70.7 cm³/mol. The molecule has 1 aromatic carbocycles. The van der Waals surface area contributed by atoms with Gasteiger partial charge in [-0.3, -0.25) is 4.79 Å². The van der Waals surface area contributed by atoms with Gasteiger partial charge in [0.05, 0.1) is 5.41 Å². The first-order valence-electron chi connectivity index (χ1n) is 6.43. The Balaban J connectivity index is 2.27. The zero-order valence-corrected chi connectivity index (χ0v) is 10.5. The second-order valence-electron chi connectivity index (χ2n) is 5.26. The molecule has 0 aliphatic heterocycles. The van der Waals surface area contributed by atoms with Crippen molar-refractivity contribution in [3.05, 3.63) is 36.0 Å². The van der Waals surface area contributed by atoms with Gasteiger partial charge in [0.25, 0.3) is 0 Å². The highest BCUT2D eigenvalue weighted by Gasteiger charge is 2.43. The number of hydrogen-bond donors (Lipinski definition) is 1. The molecule has 1 fully saturated rings. The molecule has 0 atom stereocenters. The molecule has 1 aliphatic rings. The Labute approximate surface area is 106 Å². The third-order valence-corrected chi connectivity index (χ3v) is 4.31. The molecule has 94 valence electrons. The highest BCUT2D eigenvalue weighted by Crippen LogP contribution is 2.44. The molecule has 3 heteroatoms. The summed E-state index contributed by atoms with van der Waals surface area (Å²) in [5, 5.41) is 10.8. The van der Waals surface area contributed by atoms with Crippen LogP contribution in [0.15, 0.2) is 30.5 Å². The molecular formula is C15H17NO2. The number of aliphatic carboxylic acids is 1. The molecule has 1 N–H and O–H groups in total. The summed E-state index contributed by atoms with van der Waals surface area (Å²) in [5.74, 6) is -0.670. The molecule has 0 saturated heterocycles. The third kappa shape index (κ3) is 1.40. The summed E-state index contributed by atoms with van der Waals surface area (Å²) in [5.41, 5.74) is 1.44. The van der Waals surface area contributed by atoms with E-state index in [2.05, 4.69) is 0 Å². The van der Waals surface area contributed by atoms with E-state index in [1.54, 1.807) is 0 Å². The van der Waals surface area contributed by atoms with E-state index >= 15 is 0 Å². The number of carboxylic acids is 1. The Morgan fingerprint density at radius 2 is 2.00 bits per heavy atom. The Kier molecular flexibility index (Phi) is 2.44. The Morgan fingerprint density at radius 3 is 2.67 bits per heavy atom. The van der Waals surface area contributed by atoms with E-state index in [1.165, 1.54) is 0 Å². The number of hydrogen-bond acceptors (Lipinski definition) is 1. The molecule has 1 aliphatic carbocycles. The Morgan fingerprint density at radius 1 is 1.28 bits per heavy atom. The van der Waals surface area contributed by atoms with Crippen molar-refractivity contribution in [3.63, 3.8) is 0 Å². The summed E-state index contributed by atoms with van der Waals surface area (Å²) in [6.45, 7) is 0. The van der Waals surface area contributed by atoms with Crippen LogP contribution in [0.2, 0.25) is 0 Å². The number of aromatic nitrogens is 1. The lowest BCUT2D eigenvalue weighted by Crippen LogP contribution is -2.32. The molecule has 0 bridgehead atoms. The number of benzene rings is 1. The van der Waals surface area contributed by atoms with E-state index in [4.69, 9.17) is 0 Å². The maximum absolute atomic E-state index is 11.8. The molecule has 3 rings (SSSR count). The van der Waals surface area contributed by atoms with Gasteiger partial charge in [-0.05, 0) is 30.5 Å². The van der Waals surface area contributed by atoms with E-state index in [-0.39, 0.29) is 0 Å². The van der Waals surface area contributed by atoms with Gasteiger partial charge in [-0.25, -0.2) is 0 Å². The summed E-state index contributed by atoms with van der Waals surface area (Å²) < 4.78 is 2.04. The zero-order chi connectivity index (χ0) is 12.8. The second-order valence-corrected chi connectivity index (χ2v) is 5.26. The topological polar surface area (TPSA) is 42.2 Å². The van der Waals surface area contributed by atoms with E-state index in [0.29, 0.717) is 0 Å². The average molecular weight is 243 g/mol. The summed E-state index contributed by atoms with van der Waals surface area (Å²) >= 11 is 0. The van der Waals surface area contributed by atoms with Crippen LogP contribution < -0.4 is 0 Å². The minimum Gasteiger partial charge on any atom is -0.481 e. The van der Waals surface area contributed by atoms with E-state index < -0.39 is 11.4 Å². The van der Waals surface area contributed by atoms with Gasteiger partial charge in [0, 0.05) is 24.1 Å². The largest absolute Gasteiger partial charge is 0.481 e. The second kappa shape index (κ2) is 3.87. The fourth-order valence-corrected chi connectivity index (χ4v) is 3.30. The van der Waals surface area contributed by atoms with E-state index in [9.17, 15) is 9.90 Å². The van der Waals surface area contributed by atoms with Gasteiger partial charge >= 0.3 is 5.97 Å². The van der Waals surface area contributed by atoms with Gasteiger partial charge in [0.1, 0.15) is 0 Å². The van der Waals surface area contributed by atoms with Crippen molar-refractivity contribution in [2.75, 3.05) is 0 Å².